The third-order valence-corrected chi connectivity index (χ3v) is 3.47. The summed E-state index contributed by atoms with van der Waals surface area (Å²) in [7, 11) is 0. The van der Waals surface area contributed by atoms with E-state index in [9.17, 15) is 9.59 Å². The third-order valence-electron chi connectivity index (χ3n) is 3.47. The molecule has 0 aliphatic carbocycles. The molecule has 4 N–H and O–H groups in total. The van der Waals surface area contributed by atoms with Gasteiger partial charge in [0.05, 0.1) is 11.1 Å². The van der Waals surface area contributed by atoms with E-state index in [1.807, 2.05) is 12.1 Å². The predicted octanol–water partition coefficient (Wildman–Crippen LogP) is 2.81. The van der Waals surface area contributed by atoms with E-state index in [4.69, 9.17) is 15.9 Å². The molecule has 2 aromatic carbocycles. The second kappa shape index (κ2) is 5.81. The van der Waals surface area contributed by atoms with Crippen molar-refractivity contribution in [2.75, 3.05) is 0 Å². The van der Waals surface area contributed by atoms with Gasteiger partial charge in [-0.05, 0) is 0 Å². The topological polar surface area (TPSA) is 99.3 Å². The monoisotopic (exact) mass is 306 g/mol. The molecule has 0 unspecified atom stereocenters. The van der Waals surface area contributed by atoms with Crippen LogP contribution in [0.5, 0.6) is 0 Å². The molecule has 5 heteroatoms. The summed E-state index contributed by atoms with van der Waals surface area (Å²) >= 11 is 0. The van der Waals surface area contributed by atoms with Crippen molar-refractivity contribution in [3.63, 3.8) is 0 Å². The van der Waals surface area contributed by atoms with Gasteiger partial charge >= 0.3 is 0 Å². The smallest absolute Gasteiger partial charge is 0.253 e. The number of hydrogen-bond acceptors (Lipinski definition) is 3. The van der Waals surface area contributed by atoms with Gasteiger partial charge in [-0.25, -0.2) is 0 Å². The number of benzene rings is 2. The first-order chi connectivity index (χ1) is 11.1. The van der Waals surface area contributed by atoms with Gasteiger partial charge in [0, 0.05) is 11.1 Å². The Kier molecular flexibility index (Phi) is 3.68. The van der Waals surface area contributed by atoms with Gasteiger partial charge in [0.25, 0.3) is 11.8 Å². The number of amides is 2. The number of furan rings is 1. The average molecular weight is 306 g/mol. The fourth-order valence-corrected chi connectivity index (χ4v) is 2.49. The SMILES string of the molecule is NC(=O)c1c(-c2ccccc2)oc(-c2ccccc2)c1C(N)=O. The van der Waals surface area contributed by atoms with Gasteiger partial charge < -0.3 is 15.9 Å². The summed E-state index contributed by atoms with van der Waals surface area (Å²) in [5.41, 5.74) is 12.2. The van der Waals surface area contributed by atoms with Crippen molar-refractivity contribution in [1.82, 2.24) is 0 Å². The molecule has 23 heavy (non-hydrogen) atoms. The van der Waals surface area contributed by atoms with E-state index in [0.717, 1.165) is 0 Å². The van der Waals surface area contributed by atoms with E-state index in [0.29, 0.717) is 11.1 Å². The number of carbonyl (C=O) groups is 2. The van der Waals surface area contributed by atoms with Crippen LogP contribution < -0.4 is 11.5 Å². The second-order valence-electron chi connectivity index (χ2n) is 4.97. The molecule has 0 saturated heterocycles. The largest absolute Gasteiger partial charge is 0.454 e. The summed E-state index contributed by atoms with van der Waals surface area (Å²) in [6, 6.07) is 17.9. The Balaban J connectivity index is 2.34. The van der Waals surface area contributed by atoms with Crippen molar-refractivity contribution in [2.24, 2.45) is 11.5 Å². The van der Waals surface area contributed by atoms with Crippen molar-refractivity contribution >= 4 is 11.8 Å². The summed E-state index contributed by atoms with van der Waals surface area (Å²) in [5, 5.41) is 0. The summed E-state index contributed by atoms with van der Waals surface area (Å²) < 4.78 is 5.84. The van der Waals surface area contributed by atoms with Crippen LogP contribution in [0.15, 0.2) is 65.1 Å². The molecule has 0 fully saturated rings. The molecule has 3 rings (SSSR count). The van der Waals surface area contributed by atoms with E-state index in [1.165, 1.54) is 0 Å². The van der Waals surface area contributed by atoms with Crippen LogP contribution in [0.3, 0.4) is 0 Å². The maximum atomic E-state index is 11.9. The number of rotatable bonds is 4. The van der Waals surface area contributed by atoms with Crippen molar-refractivity contribution in [3.8, 4) is 22.6 Å². The number of hydrogen-bond donors (Lipinski definition) is 2. The van der Waals surface area contributed by atoms with Crippen molar-refractivity contribution in [1.29, 1.82) is 0 Å². The Bertz CT molecular complexity index is 796. The van der Waals surface area contributed by atoms with Gasteiger partial charge in [-0.2, -0.15) is 0 Å². The van der Waals surface area contributed by atoms with E-state index in [-0.39, 0.29) is 22.6 Å². The lowest BCUT2D eigenvalue weighted by molar-refractivity contribution is 0.0969. The number of carbonyl (C=O) groups excluding carboxylic acids is 2. The van der Waals surface area contributed by atoms with E-state index >= 15 is 0 Å². The first-order valence-electron chi connectivity index (χ1n) is 6.97. The predicted molar refractivity (Wildman–Crippen MR) is 86.6 cm³/mol. The Labute approximate surface area is 132 Å². The highest BCUT2D eigenvalue weighted by Crippen LogP contribution is 2.36. The fraction of sp³-hybridized carbons (Fsp3) is 0. The maximum Gasteiger partial charge on any atom is 0.253 e. The van der Waals surface area contributed by atoms with Crippen LogP contribution >= 0.6 is 0 Å². The molecule has 1 heterocycles. The van der Waals surface area contributed by atoms with Crippen LogP contribution in [0.1, 0.15) is 20.7 Å². The average Bonchev–Trinajstić information content (AvgIpc) is 2.97. The van der Waals surface area contributed by atoms with E-state index in [2.05, 4.69) is 0 Å². The van der Waals surface area contributed by atoms with Gasteiger partial charge in [-0.15, -0.1) is 0 Å². The van der Waals surface area contributed by atoms with Crippen molar-refractivity contribution in [2.45, 2.75) is 0 Å². The lowest BCUT2D eigenvalue weighted by Crippen LogP contribution is -2.20. The normalized spacial score (nSPS) is 10.4. The lowest BCUT2D eigenvalue weighted by atomic mass is 10.0. The molecule has 5 nitrogen and oxygen atoms in total. The molecule has 3 aromatic rings. The van der Waals surface area contributed by atoms with Crippen LogP contribution in [0, 0.1) is 0 Å². The standard InChI is InChI=1S/C18H14N2O3/c19-17(21)13-14(18(20)22)16(12-9-5-2-6-10-12)23-15(13)11-7-3-1-4-8-11/h1-10H,(H2,19,21)(H2,20,22). The highest BCUT2D eigenvalue weighted by molar-refractivity contribution is 6.13. The van der Waals surface area contributed by atoms with Crippen molar-refractivity contribution in [3.05, 3.63) is 71.8 Å². The minimum Gasteiger partial charge on any atom is -0.454 e. The van der Waals surface area contributed by atoms with Crippen LogP contribution in [0.25, 0.3) is 22.6 Å². The minimum atomic E-state index is -0.761. The molecule has 2 amide bonds. The zero-order valence-corrected chi connectivity index (χ0v) is 12.2. The first-order valence-corrected chi connectivity index (χ1v) is 6.97. The fourth-order valence-electron chi connectivity index (χ4n) is 2.49. The molecule has 0 atom stereocenters. The highest BCUT2D eigenvalue weighted by atomic mass is 16.3. The lowest BCUT2D eigenvalue weighted by Gasteiger charge is -2.00. The second-order valence-corrected chi connectivity index (χ2v) is 4.97. The van der Waals surface area contributed by atoms with Crippen LogP contribution in [-0.2, 0) is 0 Å². The van der Waals surface area contributed by atoms with E-state index in [1.54, 1.807) is 48.5 Å². The molecule has 0 spiro atoms. The van der Waals surface area contributed by atoms with Gasteiger partial charge in [0.1, 0.15) is 11.5 Å². The molecular weight excluding hydrogens is 292 g/mol. The summed E-state index contributed by atoms with van der Waals surface area (Å²) in [6.07, 6.45) is 0. The van der Waals surface area contributed by atoms with Gasteiger partial charge in [-0.1, -0.05) is 60.7 Å². The third kappa shape index (κ3) is 2.60. The summed E-state index contributed by atoms with van der Waals surface area (Å²) in [6.45, 7) is 0. The van der Waals surface area contributed by atoms with Gasteiger partial charge in [0.15, 0.2) is 0 Å². The van der Waals surface area contributed by atoms with E-state index < -0.39 is 11.8 Å². The number of nitrogens with two attached hydrogens (primary N) is 2. The van der Waals surface area contributed by atoms with Crippen LogP contribution in [0.2, 0.25) is 0 Å². The Hall–Kier alpha value is -3.34. The zero-order valence-electron chi connectivity index (χ0n) is 12.2. The van der Waals surface area contributed by atoms with Crippen molar-refractivity contribution < 1.29 is 14.0 Å². The molecular formula is C18H14N2O3. The zero-order chi connectivity index (χ0) is 16.4. The molecule has 0 radical (unpaired) electrons. The molecule has 0 saturated carbocycles. The van der Waals surface area contributed by atoms with Crippen LogP contribution in [0.4, 0.5) is 0 Å². The molecule has 1 aromatic heterocycles. The molecule has 114 valence electrons. The molecule has 0 aliphatic heterocycles. The highest BCUT2D eigenvalue weighted by Gasteiger charge is 2.28. The van der Waals surface area contributed by atoms with Gasteiger partial charge in [0.2, 0.25) is 0 Å². The van der Waals surface area contributed by atoms with Gasteiger partial charge in [-0.3, -0.25) is 9.59 Å². The minimum absolute atomic E-state index is 0.00236. The maximum absolute atomic E-state index is 11.9. The summed E-state index contributed by atoms with van der Waals surface area (Å²) in [5.74, 6) is -1.04. The quantitative estimate of drug-likeness (QED) is 0.775. The first kappa shape index (κ1) is 14.6. The van der Waals surface area contributed by atoms with Crippen LogP contribution in [-0.4, -0.2) is 11.8 Å². The molecule has 0 aliphatic rings. The molecule has 0 bridgehead atoms. The Morgan fingerprint density at radius 3 is 1.30 bits per heavy atom. The Morgan fingerprint density at radius 1 is 0.652 bits per heavy atom. The summed E-state index contributed by atoms with van der Waals surface area (Å²) in [4.78, 5) is 23.8. The Morgan fingerprint density at radius 2 is 1.00 bits per heavy atom. The number of primary amides is 2.